The van der Waals surface area contributed by atoms with Crippen molar-refractivity contribution in [2.75, 3.05) is 6.54 Å². The normalized spacial score (nSPS) is 43.8. The lowest BCUT2D eigenvalue weighted by molar-refractivity contribution is -0.135. The Hall–Kier alpha value is -0.610. The largest absolute Gasteiger partial charge is 0.480 e. The van der Waals surface area contributed by atoms with Crippen LogP contribution in [0.4, 0.5) is 0 Å². The fourth-order valence-electron chi connectivity index (χ4n) is 4.06. The lowest BCUT2D eigenvalue weighted by atomic mass is 9.54. The van der Waals surface area contributed by atoms with Gasteiger partial charge in [0.1, 0.15) is 0 Å². The zero-order valence-electron chi connectivity index (χ0n) is 9.56. The summed E-state index contributed by atoms with van der Waals surface area (Å²) in [7, 11) is 0. The van der Waals surface area contributed by atoms with Crippen molar-refractivity contribution in [3.63, 3.8) is 0 Å². The minimum atomic E-state index is -0.968. The molecule has 0 atom stereocenters. The average molecular weight is 227 g/mol. The number of carbonyl (C=O) groups is 1. The number of hydrogen-bond acceptors (Lipinski definition) is 3. The van der Waals surface area contributed by atoms with E-state index >= 15 is 0 Å². The van der Waals surface area contributed by atoms with Crippen LogP contribution in [-0.2, 0) is 4.79 Å². The van der Waals surface area contributed by atoms with Gasteiger partial charge in [-0.3, -0.25) is 4.79 Å². The Morgan fingerprint density at radius 2 is 1.44 bits per heavy atom. The lowest BCUT2D eigenvalue weighted by Gasteiger charge is -2.54. The van der Waals surface area contributed by atoms with E-state index in [-0.39, 0.29) is 12.1 Å². The topological polar surface area (TPSA) is 83.6 Å². The summed E-state index contributed by atoms with van der Waals surface area (Å²) >= 11 is 0. The molecule has 4 heteroatoms. The van der Waals surface area contributed by atoms with Gasteiger partial charge >= 0.3 is 5.97 Å². The number of nitrogens with two attached hydrogens (primary N) is 1. The molecule has 0 aromatic heterocycles. The molecule has 0 aromatic carbocycles. The van der Waals surface area contributed by atoms with Gasteiger partial charge in [0.15, 0.2) is 0 Å². The summed E-state index contributed by atoms with van der Waals surface area (Å²) in [5.41, 5.74) is 4.37. The van der Waals surface area contributed by atoms with E-state index in [4.69, 9.17) is 5.11 Å². The summed E-state index contributed by atoms with van der Waals surface area (Å²) in [6.07, 6.45) is 7.66. The van der Waals surface area contributed by atoms with Crippen LogP contribution in [0.2, 0.25) is 0 Å². The number of carboxylic acid groups (broad SMARTS) is 1. The van der Waals surface area contributed by atoms with Gasteiger partial charge in [-0.25, -0.2) is 0 Å². The molecule has 0 amide bonds. The van der Waals surface area contributed by atoms with Crippen LogP contribution in [0.15, 0.2) is 0 Å². The highest BCUT2D eigenvalue weighted by atomic mass is 16.4. The van der Waals surface area contributed by atoms with Gasteiger partial charge in [-0.15, -0.1) is 0 Å². The number of aliphatic carboxylic acids is 1. The second kappa shape index (κ2) is 4.34. The van der Waals surface area contributed by atoms with E-state index in [1.165, 1.54) is 19.3 Å². The molecule has 0 radical (unpaired) electrons. The summed E-state index contributed by atoms with van der Waals surface area (Å²) in [6.45, 7) is -0.278. The first kappa shape index (κ1) is 11.9. The van der Waals surface area contributed by atoms with Gasteiger partial charge in [-0.1, -0.05) is 0 Å². The molecule has 0 heterocycles. The molecule has 4 saturated carbocycles. The molecular weight excluding hydrogens is 206 g/mol. The van der Waals surface area contributed by atoms with Crippen molar-refractivity contribution >= 4 is 5.97 Å². The number of rotatable bonds is 1. The first-order valence-electron chi connectivity index (χ1n) is 6.15. The van der Waals surface area contributed by atoms with Gasteiger partial charge in [0, 0.05) is 0 Å². The van der Waals surface area contributed by atoms with Crippen molar-refractivity contribution in [1.29, 1.82) is 0 Å². The smallest absolute Gasteiger partial charge is 0.317 e. The van der Waals surface area contributed by atoms with Crippen molar-refractivity contribution in [3.05, 3.63) is 0 Å². The second-order valence-electron chi connectivity index (χ2n) is 5.74. The Balaban J connectivity index is 0.000000168. The third kappa shape index (κ3) is 2.55. The molecule has 4 nitrogen and oxygen atoms in total. The summed E-state index contributed by atoms with van der Waals surface area (Å²) in [5, 5.41) is 17.7. The molecule has 0 aromatic rings. The van der Waals surface area contributed by atoms with Crippen LogP contribution in [-0.4, -0.2) is 28.3 Å². The van der Waals surface area contributed by atoms with Crippen LogP contribution >= 0.6 is 0 Å². The molecule has 4 bridgehead atoms. The fraction of sp³-hybridized carbons (Fsp3) is 0.917. The van der Waals surface area contributed by atoms with Gasteiger partial charge in [0.2, 0.25) is 0 Å². The van der Waals surface area contributed by atoms with E-state index in [0.717, 1.165) is 37.0 Å². The standard InChI is InChI=1S/C10H16O.C2H5NO2/c11-10-4-7-1-8(5-10)3-9(2-7)6-10;3-1-2(4)5/h7-9,11H,1-6H2;1,3H2,(H,4,5). The van der Waals surface area contributed by atoms with Crippen LogP contribution in [0, 0.1) is 17.8 Å². The number of hydrogen-bond donors (Lipinski definition) is 3. The molecular formula is C12H21NO3. The summed E-state index contributed by atoms with van der Waals surface area (Å²) in [5.74, 6) is 1.72. The van der Waals surface area contributed by atoms with Gasteiger partial charge in [0.05, 0.1) is 12.1 Å². The summed E-state index contributed by atoms with van der Waals surface area (Å²) in [4.78, 5) is 9.24. The maximum atomic E-state index is 10.1. The molecule has 0 spiro atoms. The molecule has 4 aliphatic rings. The minimum Gasteiger partial charge on any atom is -0.480 e. The highest BCUT2D eigenvalue weighted by Crippen LogP contribution is 2.55. The van der Waals surface area contributed by atoms with Crippen LogP contribution in [0.3, 0.4) is 0 Å². The van der Waals surface area contributed by atoms with E-state index in [2.05, 4.69) is 5.73 Å². The van der Waals surface area contributed by atoms with Gasteiger partial charge in [-0.2, -0.15) is 0 Å². The Labute approximate surface area is 95.8 Å². The van der Waals surface area contributed by atoms with E-state index in [1.807, 2.05) is 0 Å². The number of aliphatic hydroxyl groups is 1. The maximum Gasteiger partial charge on any atom is 0.317 e. The predicted molar refractivity (Wildman–Crippen MR) is 59.8 cm³/mol. The van der Waals surface area contributed by atoms with Crippen LogP contribution < -0.4 is 5.73 Å². The molecule has 4 N–H and O–H groups in total. The predicted octanol–water partition coefficient (Wildman–Crippen LogP) is 0.977. The van der Waals surface area contributed by atoms with Crippen molar-refractivity contribution in [2.24, 2.45) is 23.5 Å². The minimum absolute atomic E-state index is 0.200. The van der Waals surface area contributed by atoms with E-state index < -0.39 is 5.97 Å². The van der Waals surface area contributed by atoms with Crippen molar-refractivity contribution in [3.8, 4) is 0 Å². The molecule has 4 aliphatic carbocycles. The molecule has 0 saturated heterocycles. The molecule has 0 unspecified atom stereocenters. The summed E-state index contributed by atoms with van der Waals surface area (Å²) in [6, 6.07) is 0. The van der Waals surface area contributed by atoms with Gasteiger partial charge < -0.3 is 15.9 Å². The Bertz CT molecular complexity index is 242. The molecule has 16 heavy (non-hydrogen) atoms. The molecule has 4 fully saturated rings. The maximum absolute atomic E-state index is 10.1. The molecule has 4 rings (SSSR count). The van der Waals surface area contributed by atoms with Crippen LogP contribution in [0.25, 0.3) is 0 Å². The Morgan fingerprint density at radius 3 is 1.62 bits per heavy atom. The Kier molecular flexibility index (Phi) is 3.22. The van der Waals surface area contributed by atoms with Crippen molar-refractivity contribution in [2.45, 2.75) is 44.1 Å². The highest BCUT2D eigenvalue weighted by molar-refractivity contribution is 5.68. The first-order valence-corrected chi connectivity index (χ1v) is 6.15. The summed E-state index contributed by atoms with van der Waals surface area (Å²) < 4.78 is 0. The van der Waals surface area contributed by atoms with Crippen molar-refractivity contribution < 1.29 is 15.0 Å². The quantitative estimate of drug-likeness (QED) is 0.623. The SMILES string of the molecule is NCC(=O)O.OC12CC3CC(CC(C3)C1)C2. The van der Waals surface area contributed by atoms with Crippen molar-refractivity contribution in [1.82, 2.24) is 0 Å². The monoisotopic (exact) mass is 227 g/mol. The van der Waals surface area contributed by atoms with Crippen LogP contribution in [0.1, 0.15) is 38.5 Å². The van der Waals surface area contributed by atoms with E-state index in [1.54, 1.807) is 0 Å². The fourth-order valence-corrected chi connectivity index (χ4v) is 4.06. The molecule has 0 aliphatic heterocycles. The average Bonchev–Trinajstić information content (AvgIpc) is 2.14. The van der Waals surface area contributed by atoms with Gasteiger partial charge in [0.25, 0.3) is 0 Å². The van der Waals surface area contributed by atoms with E-state index in [0.29, 0.717) is 0 Å². The first-order chi connectivity index (χ1) is 7.50. The third-order valence-electron chi connectivity index (χ3n) is 4.18. The zero-order chi connectivity index (χ0) is 11.8. The van der Waals surface area contributed by atoms with Gasteiger partial charge in [-0.05, 0) is 56.3 Å². The third-order valence-corrected chi connectivity index (χ3v) is 4.18. The lowest BCUT2D eigenvalue weighted by Crippen LogP contribution is -2.50. The number of carboxylic acids is 1. The zero-order valence-corrected chi connectivity index (χ0v) is 9.56. The van der Waals surface area contributed by atoms with E-state index in [9.17, 15) is 9.90 Å². The highest BCUT2D eigenvalue weighted by Gasteiger charge is 2.49. The Morgan fingerprint density at radius 1 is 1.12 bits per heavy atom. The molecule has 92 valence electrons. The second-order valence-corrected chi connectivity index (χ2v) is 5.74. The van der Waals surface area contributed by atoms with Crippen LogP contribution in [0.5, 0.6) is 0 Å².